The summed E-state index contributed by atoms with van der Waals surface area (Å²) < 4.78 is 30.5. The highest BCUT2D eigenvalue weighted by Crippen LogP contribution is 2.14. The van der Waals surface area contributed by atoms with Gasteiger partial charge in [-0.1, -0.05) is 12.1 Å². The predicted octanol–water partition coefficient (Wildman–Crippen LogP) is 0.673. The molecule has 0 saturated heterocycles. The Morgan fingerprint density at radius 2 is 1.89 bits per heavy atom. The number of nitrogens with zero attached hydrogens (tertiary/aromatic N) is 1. The molecule has 0 unspecified atom stereocenters. The standard InChI is InChI=1S/C12H20N2O3S/c1-13-10-11-4-6-12(7-5-11)18(15,16)14(2)8-9-17-3/h4-7,13H,8-10H2,1-3H3. The number of hydrogen-bond acceptors (Lipinski definition) is 4. The summed E-state index contributed by atoms with van der Waals surface area (Å²) >= 11 is 0. The molecule has 0 aliphatic rings. The van der Waals surface area contributed by atoms with E-state index in [1.165, 1.54) is 4.31 Å². The van der Waals surface area contributed by atoms with Gasteiger partial charge in [-0.15, -0.1) is 0 Å². The van der Waals surface area contributed by atoms with Crippen LogP contribution in [-0.2, 0) is 21.3 Å². The van der Waals surface area contributed by atoms with Crippen molar-refractivity contribution in [2.75, 3.05) is 34.4 Å². The van der Waals surface area contributed by atoms with Crippen LogP contribution >= 0.6 is 0 Å². The number of nitrogens with one attached hydrogen (secondary N) is 1. The first-order valence-corrected chi connectivity index (χ1v) is 7.15. The zero-order chi connectivity index (χ0) is 13.6. The summed E-state index contributed by atoms with van der Waals surface area (Å²) in [5, 5.41) is 3.02. The van der Waals surface area contributed by atoms with Gasteiger partial charge in [0, 0.05) is 27.2 Å². The molecule has 6 heteroatoms. The van der Waals surface area contributed by atoms with Crippen molar-refractivity contribution in [3.8, 4) is 0 Å². The summed E-state index contributed by atoms with van der Waals surface area (Å²) in [7, 11) is 1.54. The van der Waals surface area contributed by atoms with Crippen LogP contribution in [0.2, 0.25) is 0 Å². The van der Waals surface area contributed by atoms with E-state index < -0.39 is 10.0 Å². The molecular formula is C12H20N2O3S. The first-order valence-electron chi connectivity index (χ1n) is 5.71. The van der Waals surface area contributed by atoms with Crippen molar-refractivity contribution in [2.24, 2.45) is 0 Å². The SMILES string of the molecule is CNCc1ccc(S(=O)(=O)N(C)CCOC)cc1. The van der Waals surface area contributed by atoms with Crippen molar-refractivity contribution in [2.45, 2.75) is 11.4 Å². The Kier molecular flexibility index (Phi) is 5.74. The smallest absolute Gasteiger partial charge is 0.242 e. The average molecular weight is 272 g/mol. The molecule has 0 aliphatic heterocycles. The molecule has 18 heavy (non-hydrogen) atoms. The van der Waals surface area contributed by atoms with Crippen LogP contribution in [0.3, 0.4) is 0 Å². The summed E-state index contributed by atoms with van der Waals surface area (Å²) in [6.07, 6.45) is 0. The summed E-state index contributed by atoms with van der Waals surface area (Å²) in [6.45, 7) is 1.45. The summed E-state index contributed by atoms with van der Waals surface area (Å²) in [6, 6.07) is 6.89. The lowest BCUT2D eigenvalue weighted by atomic mass is 10.2. The molecule has 1 aromatic rings. The van der Waals surface area contributed by atoms with E-state index in [4.69, 9.17) is 4.74 Å². The van der Waals surface area contributed by atoms with Crippen LogP contribution in [-0.4, -0.2) is 47.1 Å². The van der Waals surface area contributed by atoms with Crippen LogP contribution in [0.15, 0.2) is 29.2 Å². The number of sulfonamides is 1. The van der Waals surface area contributed by atoms with Gasteiger partial charge in [-0.25, -0.2) is 8.42 Å². The van der Waals surface area contributed by atoms with Gasteiger partial charge in [0.05, 0.1) is 11.5 Å². The molecule has 0 aromatic heterocycles. The summed E-state index contributed by atoms with van der Waals surface area (Å²) in [5.41, 5.74) is 1.05. The molecule has 0 spiro atoms. The monoisotopic (exact) mass is 272 g/mol. The molecule has 0 fully saturated rings. The van der Waals surface area contributed by atoms with Gasteiger partial charge in [0.2, 0.25) is 10.0 Å². The van der Waals surface area contributed by atoms with Crippen molar-refractivity contribution >= 4 is 10.0 Å². The van der Waals surface area contributed by atoms with Gasteiger partial charge in [0.15, 0.2) is 0 Å². The minimum atomic E-state index is -3.41. The summed E-state index contributed by atoms with van der Waals surface area (Å²) in [4.78, 5) is 0.306. The van der Waals surface area contributed by atoms with Crippen molar-refractivity contribution in [1.82, 2.24) is 9.62 Å². The van der Waals surface area contributed by atoms with E-state index in [-0.39, 0.29) is 0 Å². The molecule has 0 radical (unpaired) electrons. The second-order valence-corrected chi connectivity index (χ2v) is 6.04. The van der Waals surface area contributed by atoms with E-state index in [1.807, 2.05) is 19.2 Å². The minimum Gasteiger partial charge on any atom is -0.383 e. The zero-order valence-electron chi connectivity index (χ0n) is 11.0. The third-order valence-corrected chi connectivity index (χ3v) is 4.49. The molecule has 1 N–H and O–H groups in total. The first-order chi connectivity index (χ1) is 8.52. The highest BCUT2D eigenvalue weighted by molar-refractivity contribution is 7.89. The van der Waals surface area contributed by atoms with Gasteiger partial charge in [-0.2, -0.15) is 4.31 Å². The van der Waals surface area contributed by atoms with Crippen molar-refractivity contribution < 1.29 is 13.2 Å². The Hall–Kier alpha value is -0.950. The van der Waals surface area contributed by atoms with Gasteiger partial charge < -0.3 is 10.1 Å². The number of benzene rings is 1. The van der Waals surface area contributed by atoms with E-state index in [1.54, 1.807) is 26.3 Å². The number of likely N-dealkylation sites (N-methyl/N-ethyl adjacent to an activating group) is 1. The maximum atomic E-state index is 12.2. The van der Waals surface area contributed by atoms with Crippen LogP contribution in [0.1, 0.15) is 5.56 Å². The number of ether oxygens (including phenoxy) is 1. The predicted molar refractivity (Wildman–Crippen MR) is 70.9 cm³/mol. The molecule has 5 nitrogen and oxygen atoms in total. The van der Waals surface area contributed by atoms with Crippen LogP contribution < -0.4 is 5.32 Å². The molecule has 0 heterocycles. The highest BCUT2D eigenvalue weighted by Gasteiger charge is 2.19. The Labute approximate surface area is 109 Å². The fraction of sp³-hybridized carbons (Fsp3) is 0.500. The van der Waals surface area contributed by atoms with Gasteiger partial charge in [0.25, 0.3) is 0 Å². The van der Waals surface area contributed by atoms with Crippen molar-refractivity contribution in [1.29, 1.82) is 0 Å². The highest BCUT2D eigenvalue weighted by atomic mass is 32.2. The van der Waals surface area contributed by atoms with E-state index in [0.717, 1.165) is 12.1 Å². The Morgan fingerprint density at radius 1 is 1.28 bits per heavy atom. The van der Waals surface area contributed by atoms with E-state index in [2.05, 4.69) is 5.32 Å². The van der Waals surface area contributed by atoms with Crippen molar-refractivity contribution in [3.63, 3.8) is 0 Å². The molecule has 0 bridgehead atoms. The number of methoxy groups -OCH3 is 1. The minimum absolute atomic E-state index is 0.306. The molecule has 0 aliphatic carbocycles. The first kappa shape index (κ1) is 15.1. The van der Waals surface area contributed by atoms with Gasteiger partial charge in [0.1, 0.15) is 0 Å². The molecule has 1 rings (SSSR count). The third-order valence-electron chi connectivity index (χ3n) is 2.62. The van der Waals surface area contributed by atoms with Gasteiger partial charge in [-0.05, 0) is 24.7 Å². The molecule has 0 saturated carbocycles. The van der Waals surface area contributed by atoms with Crippen LogP contribution in [0, 0.1) is 0 Å². The molecule has 1 aromatic carbocycles. The maximum absolute atomic E-state index is 12.2. The molecule has 102 valence electrons. The van der Waals surface area contributed by atoms with Crippen LogP contribution in [0.25, 0.3) is 0 Å². The lowest BCUT2D eigenvalue weighted by Gasteiger charge is -2.16. The molecule has 0 amide bonds. The van der Waals surface area contributed by atoms with Gasteiger partial charge in [-0.3, -0.25) is 0 Å². The van der Waals surface area contributed by atoms with Crippen LogP contribution in [0.5, 0.6) is 0 Å². The van der Waals surface area contributed by atoms with E-state index in [9.17, 15) is 8.42 Å². The van der Waals surface area contributed by atoms with Crippen LogP contribution in [0.4, 0.5) is 0 Å². The Bertz CT molecular complexity index is 457. The third kappa shape index (κ3) is 3.78. The maximum Gasteiger partial charge on any atom is 0.242 e. The van der Waals surface area contributed by atoms with E-state index in [0.29, 0.717) is 18.0 Å². The lowest BCUT2D eigenvalue weighted by molar-refractivity contribution is 0.185. The second-order valence-electron chi connectivity index (χ2n) is 3.99. The normalized spacial score (nSPS) is 12.0. The molecule has 0 atom stereocenters. The zero-order valence-corrected chi connectivity index (χ0v) is 11.8. The lowest BCUT2D eigenvalue weighted by Crippen LogP contribution is -2.30. The Morgan fingerprint density at radius 3 is 2.39 bits per heavy atom. The van der Waals surface area contributed by atoms with E-state index >= 15 is 0 Å². The quantitative estimate of drug-likeness (QED) is 0.793. The number of hydrogen-bond donors (Lipinski definition) is 1. The fourth-order valence-corrected chi connectivity index (χ4v) is 2.66. The Balaban J connectivity index is 2.84. The van der Waals surface area contributed by atoms with Crippen molar-refractivity contribution in [3.05, 3.63) is 29.8 Å². The van der Waals surface area contributed by atoms with Gasteiger partial charge >= 0.3 is 0 Å². The second kappa shape index (κ2) is 6.84. The largest absolute Gasteiger partial charge is 0.383 e. The fourth-order valence-electron chi connectivity index (χ4n) is 1.50. The summed E-state index contributed by atoms with van der Waals surface area (Å²) in [5.74, 6) is 0. The topological polar surface area (TPSA) is 58.6 Å². The number of rotatable bonds is 7. The molecular weight excluding hydrogens is 252 g/mol. The average Bonchev–Trinajstić information content (AvgIpc) is 2.37.